The average molecular weight is 445 g/mol. The van der Waals surface area contributed by atoms with Crippen LogP contribution >= 0.6 is 23.1 Å². The van der Waals surface area contributed by atoms with Crippen molar-refractivity contribution in [1.82, 2.24) is 9.88 Å². The fourth-order valence-electron chi connectivity index (χ4n) is 3.16. The number of thioether (sulfide) groups is 1. The molecule has 2 aromatic carbocycles. The van der Waals surface area contributed by atoms with Crippen molar-refractivity contribution in [3.8, 4) is 0 Å². The maximum Gasteiger partial charge on any atom is 0.270 e. The normalized spacial score (nSPS) is 11.2. The maximum absolute atomic E-state index is 13.5. The molecule has 30 heavy (non-hydrogen) atoms. The lowest BCUT2D eigenvalue weighted by Crippen LogP contribution is -2.39. The van der Waals surface area contributed by atoms with Crippen molar-refractivity contribution in [2.45, 2.75) is 18.7 Å². The number of benzene rings is 2. The zero-order valence-corrected chi connectivity index (χ0v) is 18.8. The van der Waals surface area contributed by atoms with E-state index in [-0.39, 0.29) is 11.6 Å². The Morgan fingerprint density at radius 2 is 1.90 bits per heavy atom. The number of hydrogen-bond donors (Lipinski definition) is 0. The van der Waals surface area contributed by atoms with Crippen LogP contribution in [0.1, 0.15) is 24.2 Å². The number of nitro groups is 1. The number of carbonyl (C=O) groups is 1. The molecule has 158 valence electrons. The van der Waals surface area contributed by atoms with E-state index in [1.165, 1.54) is 35.2 Å². The van der Waals surface area contributed by atoms with E-state index in [1.54, 1.807) is 11.0 Å². The van der Waals surface area contributed by atoms with Gasteiger partial charge < -0.3 is 4.90 Å². The van der Waals surface area contributed by atoms with Crippen LogP contribution in [-0.2, 0) is 0 Å². The minimum absolute atomic E-state index is 0.0199. The van der Waals surface area contributed by atoms with Crippen LogP contribution in [-0.4, -0.2) is 53.1 Å². The van der Waals surface area contributed by atoms with Gasteiger partial charge in [-0.1, -0.05) is 37.3 Å². The van der Waals surface area contributed by atoms with E-state index in [0.29, 0.717) is 27.5 Å². The van der Waals surface area contributed by atoms with Crippen molar-refractivity contribution < 1.29 is 9.72 Å². The van der Waals surface area contributed by atoms with E-state index in [0.717, 1.165) is 24.5 Å². The Balaban J connectivity index is 2.01. The molecular weight excluding hydrogens is 420 g/mol. The number of nitro benzene ring substituents is 1. The Bertz CT molecular complexity index is 1050. The number of rotatable bonds is 9. The summed E-state index contributed by atoms with van der Waals surface area (Å²) in [7, 11) is 0. The van der Waals surface area contributed by atoms with Crippen molar-refractivity contribution in [2.75, 3.05) is 37.3 Å². The molecule has 0 saturated carbocycles. The van der Waals surface area contributed by atoms with Crippen LogP contribution < -0.4 is 4.90 Å². The zero-order chi connectivity index (χ0) is 21.7. The summed E-state index contributed by atoms with van der Waals surface area (Å²) in [6.45, 7) is 7.18. The van der Waals surface area contributed by atoms with Gasteiger partial charge in [-0.3, -0.25) is 19.8 Å². The predicted octanol–water partition coefficient (Wildman–Crippen LogP) is 4.92. The first kappa shape index (κ1) is 22.2. The summed E-state index contributed by atoms with van der Waals surface area (Å²) in [6, 6.07) is 12.1. The molecule has 7 nitrogen and oxygen atoms in total. The number of hydrogen-bond acceptors (Lipinski definition) is 7. The number of amides is 1. The highest BCUT2D eigenvalue weighted by Gasteiger charge is 2.24. The van der Waals surface area contributed by atoms with Gasteiger partial charge in [0.05, 0.1) is 20.7 Å². The van der Waals surface area contributed by atoms with Crippen LogP contribution in [0.15, 0.2) is 47.4 Å². The molecule has 1 aromatic heterocycles. The zero-order valence-electron chi connectivity index (χ0n) is 17.2. The minimum atomic E-state index is -0.420. The molecule has 0 radical (unpaired) electrons. The second-order valence-corrected chi connectivity index (χ2v) is 8.45. The summed E-state index contributed by atoms with van der Waals surface area (Å²) in [5.74, 6) is -0.110. The van der Waals surface area contributed by atoms with E-state index in [1.807, 2.05) is 30.5 Å². The van der Waals surface area contributed by atoms with E-state index in [4.69, 9.17) is 0 Å². The monoisotopic (exact) mass is 444 g/mol. The second-order valence-electron chi connectivity index (χ2n) is 6.59. The number of fused-ring (bicyclic) bond motifs is 1. The van der Waals surface area contributed by atoms with Gasteiger partial charge in [-0.2, -0.15) is 0 Å². The highest BCUT2D eigenvalue weighted by Crippen LogP contribution is 2.33. The second kappa shape index (κ2) is 10.0. The molecule has 0 aliphatic rings. The third-order valence-corrected chi connectivity index (χ3v) is 6.76. The summed E-state index contributed by atoms with van der Waals surface area (Å²) in [4.78, 5) is 33.7. The van der Waals surface area contributed by atoms with Gasteiger partial charge in [-0.15, -0.1) is 11.8 Å². The largest absolute Gasteiger partial charge is 0.302 e. The van der Waals surface area contributed by atoms with Crippen molar-refractivity contribution in [2.24, 2.45) is 0 Å². The minimum Gasteiger partial charge on any atom is -0.302 e. The van der Waals surface area contributed by atoms with E-state index in [2.05, 4.69) is 23.7 Å². The number of thiazole rings is 1. The molecular formula is C21H24N4O3S2. The molecule has 0 N–H and O–H groups in total. The van der Waals surface area contributed by atoms with Gasteiger partial charge in [-0.05, 0) is 37.5 Å². The van der Waals surface area contributed by atoms with E-state index >= 15 is 0 Å². The summed E-state index contributed by atoms with van der Waals surface area (Å²) in [6.07, 6.45) is 1.95. The van der Waals surface area contributed by atoms with Crippen LogP contribution in [0.4, 0.5) is 10.8 Å². The third-order valence-electron chi connectivity index (χ3n) is 4.92. The lowest BCUT2D eigenvalue weighted by atomic mass is 10.2. The first-order chi connectivity index (χ1) is 14.5. The van der Waals surface area contributed by atoms with Crippen molar-refractivity contribution in [3.05, 3.63) is 58.1 Å². The maximum atomic E-state index is 13.5. The summed E-state index contributed by atoms with van der Waals surface area (Å²) < 4.78 is 0.693. The SMILES string of the molecule is CCN(CC)CCN(C(=O)c1ccccc1SC)c1nc2ccc([N+](=O)[O-])cc2s1. The fourth-order valence-corrected chi connectivity index (χ4v) is 4.78. The van der Waals surface area contributed by atoms with Gasteiger partial charge in [0.1, 0.15) is 0 Å². The Hall–Kier alpha value is -2.49. The van der Waals surface area contributed by atoms with E-state index in [9.17, 15) is 14.9 Å². The molecule has 0 aliphatic heterocycles. The number of nitrogens with zero attached hydrogens (tertiary/aromatic N) is 4. The van der Waals surface area contributed by atoms with Gasteiger partial charge in [0.2, 0.25) is 0 Å². The molecule has 0 atom stereocenters. The molecule has 3 rings (SSSR count). The van der Waals surface area contributed by atoms with Crippen LogP contribution in [0.5, 0.6) is 0 Å². The van der Waals surface area contributed by atoms with Crippen LogP contribution in [0.2, 0.25) is 0 Å². The summed E-state index contributed by atoms with van der Waals surface area (Å²) >= 11 is 2.83. The van der Waals surface area contributed by atoms with Crippen LogP contribution in [0.3, 0.4) is 0 Å². The lowest BCUT2D eigenvalue weighted by Gasteiger charge is -2.25. The van der Waals surface area contributed by atoms with Crippen LogP contribution in [0.25, 0.3) is 10.2 Å². The van der Waals surface area contributed by atoms with Crippen LogP contribution in [0, 0.1) is 10.1 Å². The first-order valence-electron chi connectivity index (χ1n) is 9.70. The molecule has 0 bridgehead atoms. The predicted molar refractivity (Wildman–Crippen MR) is 124 cm³/mol. The molecule has 1 amide bonds. The summed E-state index contributed by atoms with van der Waals surface area (Å²) in [5, 5.41) is 11.7. The molecule has 3 aromatic rings. The van der Waals surface area contributed by atoms with Gasteiger partial charge >= 0.3 is 0 Å². The molecule has 0 spiro atoms. The first-order valence-corrected chi connectivity index (χ1v) is 11.7. The molecule has 1 heterocycles. The quantitative estimate of drug-likeness (QED) is 0.265. The van der Waals surface area contributed by atoms with Crippen molar-refractivity contribution in [3.63, 3.8) is 0 Å². The average Bonchev–Trinajstić information content (AvgIpc) is 3.19. The molecule has 0 unspecified atom stereocenters. The molecule has 0 fully saturated rings. The Morgan fingerprint density at radius 1 is 1.17 bits per heavy atom. The molecule has 0 aliphatic carbocycles. The van der Waals surface area contributed by atoms with Crippen molar-refractivity contribution in [1.29, 1.82) is 0 Å². The number of carbonyl (C=O) groups excluding carboxylic acids is 1. The Labute approximate surface area is 183 Å². The highest BCUT2D eigenvalue weighted by atomic mass is 32.2. The fraction of sp³-hybridized carbons (Fsp3) is 0.333. The summed E-state index contributed by atoms with van der Waals surface area (Å²) in [5.41, 5.74) is 1.31. The highest BCUT2D eigenvalue weighted by molar-refractivity contribution is 7.98. The van der Waals surface area contributed by atoms with E-state index < -0.39 is 4.92 Å². The standard InChI is InChI=1S/C21H24N4O3S2/c1-4-23(5-2)12-13-24(20(26)16-8-6-7-9-18(16)29-3)21-22-17-11-10-15(25(27)28)14-19(17)30-21/h6-11,14H,4-5,12-13H2,1-3H3. The number of non-ortho nitro benzene ring substituents is 1. The van der Waals surface area contributed by atoms with Gasteiger partial charge in [0.25, 0.3) is 11.6 Å². The van der Waals surface area contributed by atoms with Gasteiger partial charge in [0, 0.05) is 30.1 Å². The molecule has 9 heteroatoms. The number of anilines is 1. The molecule has 0 saturated heterocycles. The number of likely N-dealkylation sites (N-methyl/N-ethyl adjacent to an activating group) is 1. The van der Waals surface area contributed by atoms with Gasteiger partial charge in [0.15, 0.2) is 5.13 Å². The Morgan fingerprint density at radius 3 is 2.57 bits per heavy atom. The van der Waals surface area contributed by atoms with Gasteiger partial charge in [-0.25, -0.2) is 4.98 Å². The Kier molecular flexibility index (Phi) is 7.41. The van der Waals surface area contributed by atoms with Crippen molar-refractivity contribution >= 4 is 50.0 Å². The third kappa shape index (κ3) is 4.80. The smallest absolute Gasteiger partial charge is 0.270 e. The topological polar surface area (TPSA) is 79.6 Å². The lowest BCUT2D eigenvalue weighted by molar-refractivity contribution is -0.384. The number of aromatic nitrogens is 1.